The Balaban J connectivity index is 1.25. The summed E-state index contributed by atoms with van der Waals surface area (Å²) >= 11 is 0. The van der Waals surface area contributed by atoms with Gasteiger partial charge in [0.25, 0.3) is 0 Å². The number of ether oxygens (including phenoxy) is 1. The van der Waals surface area contributed by atoms with E-state index in [0.29, 0.717) is 51.9 Å². The third-order valence-corrected chi connectivity index (χ3v) is 9.77. The van der Waals surface area contributed by atoms with Crippen LogP contribution in [0, 0.1) is 5.92 Å². The number of carboxylic acid groups (broad SMARTS) is 1. The fourth-order valence-corrected chi connectivity index (χ4v) is 7.21. The van der Waals surface area contributed by atoms with Gasteiger partial charge in [-0.1, -0.05) is 30.3 Å². The van der Waals surface area contributed by atoms with Gasteiger partial charge in [0.05, 0.1) is 24.2 Å². The molecule has 1 amide bonds. The van der Waals surface area contributed by atoms with Gasteiger partial charge in [-0.3, -0.25) is 9.59 Å². The van der Waals surface area contributed by atoms with Crippen LogP contribution in [0.5, 0.6) is 0 Å². The summed E-state index contributed by atoms with van der Waals surface area (Å²) in [5.41, 5.74) is 3.68. The number of benzene rings is 2. The second-order valence-electron chi connectivity index (χ2n) is 11.0. The third kappa shape index (κ3) is 6.09. The summed E-state index contributed by atoms with van der Waals surface area (Å²) in [7, 11) is -1.82. The summed E-state index contributed by atoms with van der Waals surface area (Å²) in [5, 5.41) is 9.84. The normalized spacial score (nSPS) is 21.9. The second-order valence-corrected chi connectivity index (χ2v) is 12.7. The van der Waals surface area contributed by atoms with Crippen molar-refractivity contribution in [3.63, 3.8) is 0 Å². The van der Waals surface area contributed by atoms with Crippen LogP contribution in [0.2, 0.25) is 0 Å². The van der Waals surface area contributed by atoms with Gasteiger partial charge in [-0.25, -0.2) is 13.1 Å². The number of aliphatic carboxylic acids is 1. The van der Waals surface area contributed by atoms with E-state index in [1.54, 1.807) is 12.1 Å². The van der Waals surface area contributed by atoms with Crippen molar-refractivity contribution in [2.75, 3.05) is 19.8 Å². The molecule has 9 nitrogen and oxygen atoms in total. The highest BCUT2D eigenvalue weighted by Gasteiger charge is 2.34. The predicted octanol–water partition coefficient (Wildman–Crippen LogP) is 3.95. The van der Waals surface area contributed by atoms with Crippen molar-refractivity contribution in [3.8, 4) is 11.3 Å². The minimum atomic E-state index is -3.73. The number of rotatable bonds is 8. The lowest BCUT2D eigenvalue weighted by Crippen LogP contribution is -2.50. The van der Waals surface area contributed by atoms with Crippen LogP contribution in [0.1, 0.15) is 44.6 Å². The molecule has 40 heavy (non-hydrogen) atoms. The topological polar surface area (TPSA) is 118 Å². The average molecular weight is 568 g/mol. The third-order valence-electron chi connectivity index (χ3n) is 8.25. The van der Waals surface area contributed by atoms with Gasteiger partial charge in [0.1, 0.15) is 0 Å². The van der Waals surface area contributed by atoms with Crippen molar-refractivity contribution >= 4 is 32.8 Å². The zero-order valence-electron chi connectivity index (χ0n) is 23.0. The van der Waals surface area contributed by atoms with Gasteiger partial charge >= 0.3 is 5.97 Å². The Morgan fingerprint density at radius 1 is 1.05 bits per heavy atom. The maximum Gasteiger partial charge on any atom is 0.303 e. The minimum absolute atomic E-state index is 0.0642. The number of nitrogens with one attached hydrogen (secondary N) is 1. The molecular weight excluding hydrogens is 530 g/mol. The second kappa shape index (κ2) is 11.7. The molecule has 2 aromatic carbocycles. The summed E-state index contributed by atoms with van der Waals surface area (Å²) < 4.78 is 37.0. The summed E-state index contributed by atoms with van der Waals surface area (Å²) in [6.45, 7) is 3.76. The monoisotopic (exact) mass is 567 g/mol. The van der Waals surface area contributed by atoms with Crippen LogP contribution in [0.4, 0.5) is 0 Å². The molecule has 0 radical (unpaired) electrons. The van der Waals surface area contributed by atoms with Gasteiger partial charge in [0.2, 0.25) is 15.9 Å². The number of hydrogen-bond acceptors (Lipinski definition) is 5. The van der Waals surface area contributed by atoms with E-state index in [1.807, 2.05) is 59.8 Å². The van der Waals surface area contributed by atoms with Gasteiger partial charge in [-0.2, -0.15) is 0 Å². The maximum atomic E-state index is 13.3. The Hall–Kier alpha value is -3.21. The lowest BCUT2D eigenvalue weighted by atomic mass is 9.85. The van der Waals surface area contributed by atoms with Gasteiger partial charge in [-0.15, -0.1) is 0 Å². The van der Waals surface area contributed by atoms with Crippen LogP contribution in [-0.2, 0) is 37.8 Å². The van der Waals surface area contributed by atoms with Crippen molar-refractivity contribution < 1.29 is 27.9 Å². The lowest BCUT2D eigenvalue weighted by Gasteiger charge is -2.37. The number of carboxylic acids is 1. The fraction of sp³-hybridized carbons (Fsp3) is 0.467. The molecule has 0 unspecified atom stereocenters. The summed E-state index contributed by atoms with van der Waals surface area (Å²) in [5.74, 6) is -0.720. The SMILES string of the molecule is C[C@H]1COCCN1C(=O)C1CCC(NS(=O)(=O)c2ccc3cc(-c4ccc(CCC(=O)O)cc4)n(C)c3c2)CC1. The van der Waals surface area contributed by atoms with E-state index in [4.69, 9.17) is 9.84 Å². The minimum Gasteiger partial charge on any atom is -0.481 e. The molecule has 2 fully saturated rings. The first-order valence-corrected chi connectivity index (χ1v) is 15.4. The van der Waals surface area contributed by atoms with Gasteiger partial charge in [0, 0.05) is 48.6 Å². The first kappa shape index (κ1) is 28.3. The molecule has 3 aromatic rings. The van der Waals surface area contributed by atoms with Crippen molar-refractivity contribution in [2.24, 2.45) is 13.0 Å². The number of aromatic nitrogens is 1. The van der Waals surface area contributed by atoms with Crippen molar-refractivity contribution in [3.05, 3.63) is 54.1 Å². The molecule has 0 spiro atoms. The van der Waals surface area contributed by atoms with Crippen LogP contribution < -0.4 is 4.72 Å². The Morgan fingerprint density at radius 2 is 1.77 bits per heavy atom. The molecule has 5 rings (SSSR count). The standard InChI is InChI=1S/C30H37N3O6S/c1-20-19-39-16-15-33(20)30(36)23-8-11-25(12-9-23)31-40(37,38)26-13-10-24-17-27(32(2)28(24)18-26)22-6-3-21(4-7-22)5-14-29(34)35/h3-4,6-7,10,13,17-18,20,23,25,31H,5,8-9,11-12,14-16,19H2,1-2H3,(H,34,35)/t20-,23?,25?/m0/s1. The Labute approximate surface area is 235 Å². The summed E-state index contributed by atoms with van der Waals surface area (Å²) in [6.07, 6.45) is 3.17. The number of aryl methyl sites for hydroxylation is 2. The number of carbonyl (C=O) groups is 2. The highest BCUT2D eigenvalue weighted by molar-refractivity contribution is 7.89. The van der Waals surface area contributed by atoms with E-state index in [9.17, 15) is 18.0 Å². The Morgan fingerprint density at radius 3 is 2.45 bits per heavy atom. The molecule has 1 saturated heterocycles. The van der Waals surface area contributed by atoms with Gasteiger partial charge < -0.3 is 19.3 Å². The Kier molecular flexibility index (Phi) is 8.30. The van der Waals surface area contributed by atoms with Crippen LogP contribution >= 0.6 is 0 Å². The van der Waals surface area contributed by atoms with E-state index in [-0.39, 0.29) is 35.2 Å². The molecule has 1 aliphatic heterocycles. The highest BCUT2D eigenvalue weighted by atomic mass is 32.2. The number of hydrogen-bond donors (Lipinski definition) is 2. The van der Waals surface area contributed by atoms with E-state index in [1.165, 1.54) is 0 Å². The smallest absolute Gasteiger partial charge is 0.303 e. The van der Waals surface area contributed by atoms with Crippen LogP contribution in [0.3, 0.4) is 0 Å². The summed E-state index contributed by atoms with van der Waals surface area (Å²) in [4.78, 5) is 26.0. The Bertz CT molecular complexity index is 1490. The molecule has 1 aromatic heterocycles. The lowest BCUT2D eigenvalue weighted by molar-refractivity contribution is -0.144. The summed E-state index contributed by atoms with van der Waals surface area (Å²) in [6, 6.07) is 14.9. The highest BCUT2D eigenvalue weighted by Crippen LogP contribution is 2.31. The van der Waals surface area contributed by atoms with Gasteiger partial charge in [0.15, 0.2) is 0 Å². The zero-order chi connectivity index (χ0) is 28.4. The first-order chi connectivity index (χ1) is 19.1. The van der Waals surface area contributed by atoms with Crippen LogP contribution in [-0.4, -0.2) is 66.7 Å². The van der Waals surface area contributed by atoms with Crippen molar-refractivity contribution in [1.29, 1.82) is 0 Å². The predicted molar refractivity (Wildman–Crippen MR) is 152 cm³/mol. The molecule has 0 bridgehead atoms. The molecular formula is C30H37N3O6S. The van der Waals surface area contributed by atoms with E-state index < -0.39 is 16.0 Å². The van der Waals surface area contributed by atoms with Crippen LogP contribution in [0.15, 0.2) is 53.4 Å². The molecule has 1 atom stereocenters. The average Bonchev–Trinajstić information content (AvgIpc) is 3.28. The molecule has 214 valence electrons. The quantitative estimate of drug-likeness (QED) is 0.426. The van der Waals surface area contributed by atoms with Gasteiger partial charge in [-0.05, 0) is 68.4 Å². The van der Waals surface area contributed by atoms with Crippen molar-refractivity contribution in [1.82, 2.24) is 14.2 Å². The molecule has 1 saturated carbocycles. The van der Waals surface area contributed by atoms with E-state index >= 15 is 0 Å². The number of amides is 1. The number of carbonyl (C=O) groups excluding carboxylic acids is 1. The molecule has 2 aliphatic rings. The number of morpholine rings is 1. The van der Waals surface area contributed by atoms with Crippen LogP contribution in [0.25, 0.3) is 22.2 Å². The van der Waals surface area contributed by atoms with E-state index in [0.717, 1.165) is 27.7 Å². The molecule has 2 N–H and O–H groups in total. The number of sulfonamides is 1. The number of fused-ring (bicyclic) bond motifs is 1. The fourth-order valence-electron chi connectivity index (χ4n) is 5.88. The molecule has 10 heteroatoms. The number of nitrogens with zero attached hydrogens (tertiary/aromatic N) is 2. The first-order valence-electron chi connectivity index (χ1n) is 13.9. The maximum absolute atomic E-state index is 13.3. The molecule has 1 aliphatic carbocycles. The van der Waals surface area contributed by atoms with Crippen molar-refractivity contribution in [2.45, 2.75) is 62.4 Å². The largest absolute Gasteiger partial charge is 0.481 e. The van der Waals surface area contributed by atoms with E-state index in [2.05, 4.69) is 4.72 Å². The molecule has 2 heterocycles. The zero-order valence-corrected chi connectivity index (χ0v) is 23.8.